The molecule has 1 N–H and O–H groups in total. The molecule has 1 aliphatic carbocycles. The molecule has 7 heterocycles. The Morgan fingerprint density at radius 3 is 2.40 bits per heavy atom. The largest absolute Gasteiger partial charge is 0.438 e. The first-order chi connectivity index (χ1) is 31.1. The molecule has 65 heavy (non-hydrogen) atoms. The van der Waals surface area contributed by atoms with Gasteiger partial charge in [0.25, 0.3) is 0 Å². The van der Waals surface area contributed by atoms with E-state index in [9.17, 15) is 9.59 Å². The van der Waals surface area contributed by atoms with Crippen molar-refractivity contribution < 1.29 is 22.8 Å². The first-order valence-electron chi connectivity index (χ1n) is 22.3. The van der Waals surface area contributed by atoms with Crippen LogP contribution >= 0.6 is 0 Å². The molecule has 336 valence electrons. The monoisotopic (exact) mass is 884 g/mol. The van der Waals surface area contributed by atoms with Crippen LogP contribution in [-0.4, -0.2) is 74.4 Å². The van der Waals surface area contributed by atoms with E-state index >= 15 is 13.6 Å². The van der Waals surface area contributed by atoms with Crippen molar-refractivity contribution >= 4 is 22.5 Å². The predicted octanol–water partition coefficient (Wildman–Crippen LogP) is 6.76. The van der Waals surface area contributed by atoms with E-state index in [2.05, 4.69) is 59.1 Å². The first-order valence-corrected chi connectivity index (χ1v) is 22.3. The number of amides is 1. The van der Waals surface area contributed by atoms with E-state index in [1.807, 2.05) is 11.8 Å². The smallest absolute Gasteiger partial charge is 0.376 e. The number of H-pyrrole nitrogens is 1. The Balaban J connectivity index is 1.02. The summed E-state index contributed by atoms with van der Waals surface area (Å²) in [5.74, 6) is -0.624. The molecule has 4 aromatic heterocycles. The highest BCUT2D eigenvalue weighted by molar-refractivity contribution is 5.90. The van der Waals surface area contributed by atoms with E-state index in [1.54, 1.807) is 60.7 Å². The molecular formula is C48H50F2N10O5. The highest BCUT2D eigenvalue weighted by Gasteiger charge is 2.64. The number of nitrogens with one attached hydrogen (secondary N) is 1. The van der Waals surface area contributed by atoms with Gasteiger partial charge in [0.2, 0.25) is 5.91 Å². The van der Waals surface area contributed by atoms with Crippen LogP contribution < -0.4 is 16.3 Å². The zero-order chi connectivity index (χ0) is 45.4. The fraction of sp³-hybridized carbons (Fsp3) is 0.417. The minimum absolute atomic E-state index is 0.0397. The lowest BCUT2D eigenvalue weighted by Crippen LogP contribution is -2.54. The molecule has 11 rings (SSSR count). The van der Waals surface area contributed by atoms with Gasteiger partial charge in [0, 0.05) is 56.7 Å². The maximum Gasteiger partial charge on any atom is 0.438 e. The summed E-state index contributed by atoms with van der Waals surface area (Å²) in [6, 6.07) is 11.9. The third kappa shape index (κ3) is 6.21. The summed E-state index contributed by atoms with van der Waals surface area (Å²) in [5.41, 5.74) is 4.87. The van der Waals surface area contributed by atoms with Crippen LogP contribution in [0.25, 0.3) is 28.1 Å². The van der Waals surface area contributed by atoms with Gasteiger partial charge in [-0.15, -0.1) is 0 Å². The number of halogens is 2. The number of aryl methyl sites for hydroxylation is 3. The fourth-order valence-corrected chi connectivity index (χ4v) is 11.2. The van der Waals surface area contributed by atoms with E-state index in [4.69, 9.17) is 14.4 Å². The van der Waals surface area contributed by atoms with Crippen molar-refractivity contribution in [2.24, 2.45) is 13.0 Å². The number of carbonyl (C=O) groups is 1. The standard InChI is InChI=1S/C48H50F2N10O5/c1-25-18-32(19-26(2)40(25)49)60-42(58-16-15-57(46(58)63)37-11-10-36-33(41(37)50)24-51-55(36)7)39-28(4)56(14-12-34(39)53-60)43(61)38-21-31-20-29(30-13-17-64-47(5,6)23-30)8-9-35(31)59(38)48(22-27(48)3)44-52-45(62)65-54-44/h8-11,15-16,18-20,24,27-28,30,38H,12-14,17,21-23H2,1-7H3,(H,52,54,62)/t27-,28-,30?,38?,48-/m0/s1. The van der Waals surface area contributed by atoms with Crippen LogP contribution in [0.5, 0.6) is 0 Å². The summed E-state index contributed by atoms with van der Waals surface area (Å²) in [6.45, 7) is 12.6. The summed E-state index contributed by atoms with van der Waals surface area (Å²) in [4.78, 5) is 49.6. The maximum atomic E-state index is 16.1. The lowest BCUT2D eigenvalue weighted by molar-refractivity contribution is -0.135. The Labute approximate surface area is 372 Å². The number of imidazole rings is 1. The molecule has 0 bridgehead atoms. The first kappa shape index (κ1) is 41.1. The highest BCUT2D eigenvalue weighted by Crippen LogP contribution is 2.60. The maximum absolute atomic E-state index is 16.1. The zero-order valence-electron chi connectivity index (χ0n) is 37.4. The lowest BCUT2D eigenvalue weighted by Gasteiger charge is -2.40. The molecular weight excluding hydrogens is 835 g/mol. The summed E-state index contributed by atoms with van der Waals surface area (Å²) < 4.78 is 48.3. The Morgan fingerprint density at radius 1 is 0.954 bits per heavy atom. The molecule has 1 saturated carbocycles. The molecule has 0 radical (unpaired) electrons. The van der Waals surface area contributed by atoms with Gasteiger partial charge in [0.05, 0.1) is 45.8 Å². The number of benzene rings is 3. The van der Waals surface area contributed by atoms with Crippen LogP contribution in [0, 0.1) is 31.4 Å². The molecule has 1 saturated heterocycles. The average molecular weight is 885 g/mol. The quantitative estimate of drug-likeness (QED) is 0.183. The van der Waals surface area contributed by atoms with Gasteiger partial charge < -0.3 is 14.5 Å². The molecule has 15 nitrogen and oxygen atoms in total. The molecule has 5 atom stereocenters. The number of hydrogen-bond donors (Lipinski definition) is 1. The molecule has 0 spiro atoms. The number of carbonyl (C=O) groups excluding carboxylic acids is 1. The number of hydrogen-bond acceptors (Lipinski definition) is 9. The Kier molecular flexibility index (Phi) is 9.13. The lowest BCUT2D eigenvalue weighted by atomic mass is 9.83. The zero-order valence-corrected chi connectivity index (χ0v) is 37.4. The molecule has 1 amide bonds. The minimum atomic E-state index is -0.789. The third-order valence-electron chi connectivity index (χ3n) is 14.6. The van der Waals surface area contributed by atoms with Crippen LogP contribution in [0.2, 0.25) is 0 Å². The summed E-state index contributed by atoms with van der Waals surface area (Å²) in [6.07, 6.45) is 7.74. The van der Waals surface area contributed by atoms with E-state index in [1.165, 1.54) is 27.1 Å². The van der Waals surface area contributed by atoms with Crippen LogP contribution in [0.3, 0.4) is 0 Å². The predicted molar refractivity (Wildman–Crippen MR) is 237 cm³/mol. The topological polar surface area (TPSA) is 154 Å². The molecule has 4 aliphatic rings. The third-order valence-corrected chi connectivity index (χ3v) is 14.6. The Hall–Kier alpha value is -6.62. The average Bonchev–Trinajstić information content (AvgIpc) is 3.90. The molecule has 3 aliphatic heterocycles. The van der Waals surface area contributed by atoms with Gasteiger partial charge in [0.1, 0.15) is 23.2 Å². The number of ether oxygens (including phenoxy) is 1. The minimum Gasteiger partial charge on any atom is -0.376 e. The van der Waals surface area contributed by atoms with E-state index < -0.39 is 34.9 Å². The van der Waals surface area contributed by atoms with Gasteiger partial charge >= 0.3 is 11.4 Å². The highest BCUT2D eigenvalue weighted by atomic mass is 19.1. The van der Waals surface area contributed by atoms with Crippen molar-refractivity contribution in [3.05, 3.63) is 133 Å². The Morgan fingerprint density at radius 2 is 1.69 bits per heavy atom. The van der Waals surface area contributed by atoms with Crippen molar-refractivity contribution in [3.63, 3.8) is 0 Å². The number of nitrogens with zero attached hydrogens (tertiary/aromatic N) is 9. The summed E-state index contributed by atoms with van der Waals surface area (Å²) in [7, 11) is 1.72. The van der Waals surface area contributed by atoms with Crippen molar-refractivity contribution in [1.29, 1.82) is 0 Å². The second-order valence-electron chi connectivity index (χ2n) is 19.1. The van der Waals surface area contributed by atoms with E-state index in [0.717, 1.165) is 24.1 Å². The Bertz CT molecular complexity index is 3200. The fourth-order valence-electron chi connectivity index (χ4n) is 11.2. The molecule has 2 fully saturated rings. The number of aromatic amines is 1. The van der Waals surface area contributed by atoms with Gasteiger partial charge in [-0.05, 0) is 118 Å². The molecule has 17 heteroatoms. The number of anilines is 1. The van der Waals surface area contributed by atoms with Crippen LogP contribution in [0.4, 0.5) is 14.5 Å². The number of rotatable bonds is 7. The van der Waals surface area contributed by atoms with Crippen molar-refractivity contribution in [1.82, 2.24) is 43.7 Å². The van der Waals surface area contributed by atoms with Crippen molar-refractivity contribution in [2.75, 3.05) is 18.1 Å². The summed E-state index contributed by atoms with van der Waals surface area (Å²) >= 11 is 0. The molecule has 2 unspecified atom stereocenters. The van der Waals surface area contributed by atoms with E-state index in [0.29, 0.717) is 83.6 Å². The van der Waals surface area contributed by atoms with Crippen molar-refractivity contribution in [2.45, 2.75) is 103 Å². The van der Waals surface area contributed by atoms with Gasteiger partial charge in [0.15, 0.2) is 11.6 Å². The summed E-state index contributed by atoms with van der Waals surface area (Å²) in [5, 5.41) is 13.8. The van der Waals surface area contributed by atoms with Gasteiger partial charge in [-0.3, -0.25) is 28.1 Å². The number of fused-ring (bicyclic) bond motifs is 3. The SMILES string of the molecule is Cc1cc(-n2nc3c(c2-n2ccn(-c4ccc5c(cnn5C)c4F)c2=O)[C@H](C)N(C(=O)C2Cc4cc(C5CCOC(C)(C)C5)ccc4N2[C@@]2(c4noc(=O)[nH]4)C[C@@H]2C)CC3)cc(C)c1F. The van der Waals surface area contributed by atoms with Crippen LogP contribution in [-0.2, 0) is 35.0 Å². The van der Waals surface area contributed by atoms with Gasteiger partial charge in [-0.1, -0.05) is 24.2 Å². The van der Waals surface area contributed by atoms with E-state index in [-0.39, 0.29) is 34.3 Å². The van der Waals surface area contributed by atoms with Gasteiger partial charge in [-0.2, -0.15) is 10.2 Å². The number of aromatic nitrogens is 8. The molecule has 3 aromatic carbocycles. The second kappa shape index (κ2) is 14.4. The normalized spacial score (nSPS) is 23.6. The second-order valence-corrected chi connectivity index (χ2v) is 19.1. The van der Waals surface area contributed by atoms with Crippen LogP contribution in [0.1, 0.15) is 98.3 Å². The molecule has 7 aromatic rings. The van der Waals surface area contributed by atoms with Crippen molar-refractivity contribution in [3.8, 4) is 17.2 Å². The van der Waals surface area contributed by atoms with Gasteiger partial charge in [-0.25, -0.2) is 23.1 Å². The van der Waals surface area contributed by atoms with Crippen LogP contribution in [0.15, 0.2) is 75.2 Å².